The Morgan fingerprint density at radius 2 is 2.00 bits per heavy atom. The summed E-state index contributed by atoms with van der Waals surface area (Å²) < 4.78 is 13.0. The molecule has 1 heterocycles. The van der Waals surface area contributed by atoms with E-state index in [4.69, 9.17) is 0 Å². The molecule has 0 amide bonds. The van der Waals surface area contributed by atoms with Crippen LogP contribution < -0.4 is 5.32 Å². The second-order valence-corrected chi connectivity index (χ2v) is 3.88. The summed E-state index contributed by atoms with van der Waals surface area (Å²) in [4.78, 5) is 0. The molecule has 1 fully saturated rings. The average molecular weight is 216 g/mol. The van der Waals surface area contributed by atoms with E-state index in [0.717, 1.165) is 0 Å². The third-order valence-electron chi connectivity index (χ3n) is 2.75. The summed E-state index contributed by atoms with van der Waals surface area (Å²) in [6, 6.07) is 10.1. The Kier molecular flexibility index (Phi) is 3.51. The predicted octanol–water partition coefficient (Wildman–Crippen LogP) is 2.66. The van der Waals surface area contributed by atoms with Crippen molar-refractivity contribution in [1.29, 1.82) is 0 Å². The van der Waals surface area contributed by atoms with E-state index < -0.39 is 6.17 Å². The molecule has 0 aromatic heterocycles. The molecular formula is C11H15ClFN. The van der Waals surface area contributed by atoms with Crippen molar-refractivity contribution in [3.05, 3.63) is 35.9 Å². The van der Waals surface area contributed by atoms with Gasteiger partial charge in [0.05, 0.1) is 0 Å². The van der Waals surface area contributed by atoms with Crippen LogP contribution in [0.5, 0.6) is 0 Å². The van der Waals surface area contributed by atoms with Gasteiger partial charge in [-0.25, -0.2) is 4.39 Å². The first-order valence-corrected chi connectivity index (χ1v) is 4.65. The van der Waals surface area contributed by atoms with Crippen molar-refractivity contribution in [3.8, 4) is 0 Å². The lowest BCUT2D eigenvalue weighted by Gasteiger charge is -2.24. The van der Waals surface area contributed by atoms with Gasteiger partial charge >= 0.3 is 0 Å². The average Bonchev–Trinajstić information content (AvgIpc) is 2.49. The number of nitrogens with one attached hydrogen (secondary N) is 1. The van der Waals surface area contributed by atoms with Gasteiger partial charge in [-0.15, -0.1) is 12.4 Å². The Labute approximate surface area is 90.1 Å². The SMILES string of the molecule is CC1(c2ccccc2)CC(F)CN1.Cl. The summed E-state index contributed by atoms with van der Waals surface area (Å²) in [5, 5.41) is 3.22. The fourth-order valence-corrected chi connectivity index (χ4v) is 1.95. The Hall–Kier alpha value is -0.600. The van der Waals surface area contributed by atoms with Crippen LogP contribution in [0, 0.1) is 0 Å². The molecule has 0 radical (unpaired) electrons. The third kappa shape index (κ3) is 2.07. The molecule has 2 rings (SSSR count). The summed E-state index contributed by atoms with van der Waals surface area (Å²) in [6.07, 6.45) is -0.123. The normalized spacial score (nSPS) is 31.1. The molecule has 0 saturated carbocycles. The molecule has 1 nitrogen and oxygen atoms in total. The van der Waals surface area contributed by atoms with Crippen LogP contribution in [0.15, 0.2) is 30.3 Å². The van der Waals surface area contributed by atoms with Crippen molar-refractivity contribution < 1.29 is 4.39 Å². The van der Waals surface area contributed by atoms with E-state index in [-0.39, 0.29) is 17.9 Å². The molecule has 14 heavy (non-hydrogen) atoms. The molecule has 1 aliphatic heterocycles. The van der Waals surface area contributed by atoms with E-state index >= 15 is 0 Å². The van der Waals surface area contributed by atoms with Gasteiger partial charge in [0, 0.05) is 18.5 Å². The zero-order valence-corrected chi connectivity index (χ0v) is 8.98. The number of alkyl halides is 1. The molecule has 78 valence electrons. The number of hydrogen-bond donors (Lipinski definition) is 1. The fraction of sp³-hybridized carbons (Fsp3) is 0.455. The Balaban J connectivity index is 0.000000980. The van der Waals surface area contributed by atoms with Gasteiger partial charge in [-0.05, 0) is 12.5 Å². The zero-order valence-electron chi connectivity index (χ0n) is 8.16. The Morgan fingerprint density at radius 1 is 1.36 bits per heavy atom. The summed E-state index contributed by atoms with van der Waals surface area (Å²) in [7, 11) is 0. The molecule has 1 aliphatic rings. The van der Waals surface area contributed by atoms with Crippen molar-refractivity contribution in [3.63, 3.8) is 0 Å². The van der Waals surface area contributed by atoms with Crippen molar-refractivity contribution in [2.45, 2.75) is 25.1 Å². The lowest BCUT2D eigenvalue weighted by atomic mass is 9.90. The quantitative estimate of drug-likeness (QED) is 0.760. The molecule has 3 heteroatoms. The van der Waals surface area contributed by atoms with Crippen molar-refractivity contribution in [2.24, 2.45) is 0 Å². The second kappa shape index (κ2) is 4.28. The van der Waals surface area contributed by atoms with E-state index in [1.807, 2.05) is 30.3 Å². The van der Waals surface area contributed by atoms with E-state index in [9.17, 15) is 4.39 Å². The molecule has 1 aromatic carbocycles. The topological polar surface area (TPSA) is 12.0 Å². The van der Waals surface area contributed by atoms with E-state index in [1.54, 1.807) is 0 Å². The number of benzene rings is 1. The smallest absolute Gasteiger partial charge is 0.115 e. The highest BCUT2D eigenvalue weighted by atomic mass is 35.5. The van der Waals surface area contributed by atoms with Gasteiger partial charge < -0.3 is 5.32 Å². The van der Waals surface area contributed by atoms with Crippen LogP contribution in [0.2, 0.25) is 0 Å². The van der Waals surface area contributed by atoms with Gasteiger partial charge in [0.25, 0.3) is 0 Å². The van der Waals surface area contributed by atoms with Gasteiger partial charge in [-0.2, -0.15) is 0 Å². The molecule has 1 N–H and O–H groups in total. The first-order valence-electron chi connectivity index (χ1n) is 4.65. The minimum atomic E-state index is -0.704. The maximum absolute atomic E-state index is 13.0. The summed E-state index contributed by atoms with van der Waals surface area (Å²) in [6.45, 7) is 2.54. The Bertz CT molecular complexity index is 291. The molecule has 2 atom stereocenters. The first-order chi connectivity index (χ1) is 6.21. The minimum absolute atomic E-state index is 0. The second-order valence-electron chi connectivity index (χ2n) is 3.88. The monoisotopic (exact) mass is 215 g/mol. The van der Waals surface area contributed by atoms with E-state index in [1.165, 1.54) is 5.56 Å². The number of rotatable bonds is 1. The largest absolute Gasteiger partial charge is 0.305 e. The highest BCUT2D eigenvalue weighted by Crippen LogP contribution is 2.31. The lowest BCUT2D eigenvalue weighted by Crippen LogP contribution is -2.32. The number of hydrogen-bond acceptors (Lipinski definition) is 1. The zero-order chi connectivity index (χ0) is 9.31. The van der Waals surface area contributed by atoms with Gasteiger partial charge in [-0.3, -0.25) is 0 Å². The van der Waals surface area contributed by atoms with Crippen LogP contribution in [-0.2, 0) is 5.54 Å². The molecule has 1 saturated heterocycles. The van der Waals surface area contributed by atoms with Crippen LogP contribution in [0.1, 0.15) is 18.9 Å². The lowest BCUT2D eigenvalue weighted by molar-refractivity contribution is 0.333. The number of halogens is 2. The highest BCUT2D eigenvalue weighted by Gasteiger charge is 2.35. The molecule has 0 bridgehead atoms. The third-order valence-corrected chi connectivity index (χ3v) is 2.75. The maximum Gasteiger partial charge on any atom is 0.115 e. The van der Waals surface area contributed by atoms with Gasteiger partial charge in [-0.1, -0.05) is 30.3 Å². The highest BCUT2D eigenvalue weighted by molar-refractivity contribution is 5.85. The Morgan fingerprint density at radius 3 is 2.50 bits per heavy atom. The maximum atomic E-state index is 13.0. The van der Waals surface area contributed by atoms with Crippen molar-refractivity contribution >= 4 is 12.4 Å². The van der Waals surface area contributed by atoms with Crippen LogP contribution in [-0.4, -0.2) is 12.7 Å². The molecule has 0 aliphatic carbocycles. The van der Waals surface area contributed by atoms with Gasteiger partial charge in [0.15, 0.2) is 0 Å². The molecule has 2 unspecified atom stereocenters. The van der Waals surface area contributed by atoms with Gasteiger partial charge in [0.1, 0.15) is 6.17 Å². The fourth-order valence-electron chi connectivity index (χ4n) is 1.95. The summed E-state index contributed by atoms with van der Waals surface area (Å²) in [5.74, 6) is 0. The van der Waals surface area contributed by atoms with Crippen LogP contribution in [0.3, 0.4) is 0 Å². The van der Waals surface area contributed by atoms with Crippen LogP contribution in [0.4, 0.5) is 4.39 Å². The van der Waals surface area contributed by atoms with Crippen LogP contribution >= 0.6 is 12.4 Å². The van der Waals surface area contributed by atoms with E-state index in [0.29, 0.717) is 13.0 Å². The minimum Gasteiger partial charge on any atom is -0.305 e. The summed E-state index contributed by atoms with van der Waals surface area (Å²) >= 11 is 0. The van der Waals surface area contributed by atoms with Gasteiger partial charge in [0.2, 0.25) is 0 Å². The molecular weight excluding hydrogens is 201 g/mol. The van der Waals surface area contributed by atoms with E-state index in [2.05, 4.69) is 12.2 Å². The first kappa shape index (κ1) is 11.5. The molecule has 1 aromatic rings. The standard InChI is InChI=1S/C11H14FN.ClH/c1-11(7-10(12)8-13-11)9-5-3-2-4-6-9;/h2-6,10,13H,7-8H2,1H3;1H. The van der Waals surface area contributed by atoms with Crippen molar-refractivity contribution in [2.75, 3.05) is 6.54 Å². The predicted molar refractivity (Wildman–Crippen MR) is 58.6 cm³/mol. The van der Waals surface area contributed by atoms with Crippen molar-refractivity contribution in [1.82, 2.24) is 5.32 Å². The molecule has 0 spiro atoms. The summed E-state index contributed by atoms with van der Waals surface area (Å²) in [5.41, 5.74) is 1.01. The van der Waals surface area contributed by atoms with Crippen LogP contribution in [0.25, 0.3) is 0 Å².